The van der Waals surface area contributed by atoms with Gasteiger partial charge in [0.15, 0.2) is 0 Å². The Morgan fingerprint density at radius 2 is 1.92 bits per heavy atom. The third-order valence-electron chi connectivity index (χ3n) is 3.72. The third-order valence-corrected chi connectivity index (χ3v) is 4.02. The van der Waals surface area contributed by atoms with Crippen molar-refractivity contribution in [3.63, 3.8) is 0 Å². The predicted octanol–water partition coefficient (Wildman–Crippen LogP) is 3.94. The minimum atomic E-state index is -1.25. The number of carbonyl (C=O) groups excluding carboxylic acids is 1. The zero-order valence-corrected chi connectivity index (χ0v) is 14.7. The highest BCUT2D eigenvalue weighted by atomic mass is 35.5. The van der Waals surface area contributed by atoms with E-state index in [1.54, 1.807) is 30.3 Å². The van der Waals surface area contributed by atoms with Gasteiger partial charge in [0.05, 0.1) is 28.7 Å². The smallest absolute Gasteiger partial charge is 0.138 e. The molecule has 0 spiro atoms. The molecule has 0 amide bonds. The first-order chi connectivity index (χ1) is 11.9. The topological polar surface area (TPSA) is 73.1 Å². The second-order valence-corrected chi connectivity index (χ2v) is 5.97. The van der Waals surface area contributed by atoms with Gasteiger partial charge in [-0.3, -0.25) is 0 Å². The van der Waals surface area contributed by atoms with Crippen LogP contribution >= 0.6 is 11.6 Å². The van der Waals surface area contributed by atoms with Crippen LogP contribution in [0.5, 0.6) is 5.75 Å². The molecule has 0 saturated carbocycles. The van der Waals surface area contributed by atoms with Gasteiger partial charge in [-0.2, -0.15) is 5.26 Å². The zero-order valence-electron chi connectivity index (χ0n) is 14.0. The van der Waals surface area contributed by atoms with Gasteiger partial charge in [0, 0.05) is 0 Å². The largest absolute Gasteiger partial charge is 0.545 e. The van der Waals surface area contributed by atoms with Crippen molar-refractivity contribution >= 4 is 29.2 Å². The van der Waals surface area contributed by atoms with Crippen molar-refractivity contribution in [3.8, 4) is 11.8 Å². The van der Waals surface area contributed by atoms with Gasteiger partial charge in [-0.25, -0.2) is 0 Å². The van der Waals surface area contributed by atoms with E-state index in [0.717, 1.165) is 12.0 Å². The zero-order chi connectivity index (χ0) is 18.4. The summed E-state index contributed by atoms with van der Waals surface area (Å²) in [5.41, 5.74) is 1.83. The molecule has 0 aliphatic rings. The molecular weight excluding hydrogens is 338 g/mol. The maximum Gasteiger partial charge on any atom is 0.138 e. The Kier molecular flexibility index (Phi) is 6.21. The average Bonchev–Trinajstić information content (AvgIpc) is 2.61. The molecule has 0 heterocycles. The highest BCUT2D eigenvalue weighted by Crippen LogP contribution is 2.28. The number of hydrogen-bond donors (Lipinski definition) is 0. The van der Waals surface area contributed by atoms with E-state index < -0.39 is 5.97 Å². The predicted molar refractivity (Wildman–Crippen MR) is 96.1 cm³/mol. The van der Waals surface area contributed by atoms with E-state index in [4.69, 9.17) is 16.3 Å². The van der Waals surface area contributed by atoms with E-state index in [1.165, 1.54) is 12.1 Å². The van der Waals surface area contributed by atoms with E-state index in [1.807, 2.05) is 19.9 Å². The highest BCUT2D eigenvalue weighted by Gasteiger charge is 2.07. The molecule has 1 atom stereocenters. The molecule has 0 radical (unpaired) electrons. The SMILES string of the molecule is CC[C@H](C)Oc1ccc(/C=C(/C#N)c2ccc(C(=O)[O-])cc2)cc1Cl. The normalized spacial score (nSPS) is 12.3. The molecule has 0 aliphatic carbocycles. The number of carbonyl (C=O) groups is 1. The molecule has 0 unspecified atom stereocenters. The molecule has 5 heteroatoms. The Bertz CT molecular complexity index is 835. The van der Waals surface area contributed by atoms with Gasteiger partial charge >= 0.3 is 0 Å². The molecule has 0 aromatic heterocycles. The lowest BCUT2D eigenvalue weighted by Crippen LogP contribution is -2.21. The number of nitrogens with zero attached hydrogens (tertiary/aromatic N) is 1. The minimum Gasteiger partial charge on any atom is -0.545 e. The Morgan fingerprint density at radius 3 is 2.44 bits per heavy atom. The lowest BCUT2D eigenvalue weighted by molar-refractivity contribution is -0.255. The Hall–Kier alpha value is -2.77. The number of nitriles is 1. The van der Waals surface area contributed by atoms with Gasteiger partial charge in [-0.1, -0.05) is 48.9 Å². The van der Waals surface area contributed by atoms with Crippen LogP contribution in [-0.4, -0.2) is 12.1 Å². The summed E-state index contributed by atoms with van der Waals surface area (Å²) in [6.07, 6.45) is 2.63. The molecule has 2 rings (SSSR count). The summed E-state index contributed by atoms with van der Waals surface area (Å²) < 4.78 is 5.72. The minimum absolute atomic E-state index is 0.0654. The summed E-state index contributed by atoms with van der Waals surface area (Å²) in [7, 11) is 0. The van der Waals surface area contributed by atoms with Crippen molar-refractivity contribution in [1.82, 2.24) is 0 Å². The Balaban J connectivity index is 2.29. The molecule has 0 N–H and O–H groups in total. The van der Waals surface area contributed by atoms with Crippen LogP contribution in [-0.2, 0) is 0 Å². The van der Waals surface area contributed by atoms with Crippen LogP contribution in [0.1, 0.15) is 41.8 Å². The van der Waals surface area contributed by atoms with Crippen molar-refractivity contribution in [2.45, 2.75) is 26.4 Å². The fraction of sp³-hybridized carbons (Fsp3) is 0.200. The van der Waals surface area contributed by atoms with Crippen molar-refractivity contribution < 1.29 is 14.6 Å². The second-order valence-electron chi connectivity index (χ2n) is 5.56. The molecule has 2 aromatic carbocycles. The van der Waals surface area contributed by atoms with Crippen LogP contribution < -0.4 is 9.84 Å². The van der Waals surface area contributed by atoms with Crippen molar-refractivity contribution in [2.75, 3.05) is 0 Å². The van der Waals surface area contributed by atoms with Gasteiger partial charge in [-0.05, 0) is 48.2 Å². The number of allylic oxidation sites excluding steroid dienone is 1. The average molecular weight is 355 g/mol. The Morgan fingerprint density at radius 1 is 1.28 bits per heavy atom. The number of aromatic carboxylic acids is 1. The molecular formula is C20H17ClNO3-. The molecule has 2 aromatic rings. The molecule has 25 heavy (non-hydrogen) atoms. The van der Waals surface area contributed by atoms with Crippen LogP contribution in [0.15, 0.2) is 42.5 Å². The van der Waals surface area contributed by atoms with Crippen molar-refractivity contribution in [2.24, 2.45) is 0 Å². The van der Waals surface area contributed by atoms with E-state index in [0.29, 0.717) is 21.9 Å². The molecule has 0 bridgehead atoms. The van der Waals surface area contributed by atoms with Crippen LogP contribution in [0.3, 0.4) is 0 Å². The maximum atomic E-state index is 10.8. The monoisotopic (exact) mass is 354 g/mol. The summed E-state index contributed by atoms with van der Waals surface area (Å²) in [6, 6.07) is 13.4. The van der Waals surface area contributed by atoms with E-state index >= 15 is 0 Å². The fourth-order valence-corrected chi connectivity index (χ4v) is 2.37. The van der Waals surface area contributed by atoms with Gasteiger partial charge < -0.3 is 14.6 Å². The van der Waals surface area contributed by atoms with E-state index in [2.05, 4.69) is 6.07 Å². The Labute approximate surface area is 151 Å². The lowest BCUT2D eigenvalue weighted by Gasteiger charge is -2.14. The molecule has 0 aliphatic heterocycles. The summed E-state index contributed by atoms with van der Waals surface area (Å²) >= 11 is 6.25. The first kappa shape index (κ1) is 18.6. The van der Waals surface area contributed by atoms with Crippen LogP contribution in [0.4, 0.5) is 0 Å². The van der Waals surface area contributed by atoms with Crippen LogP contribution in [0.2, 0.25) is 5.02 Å². The lowest BCUT2D eigenvalue weighted by atomic mass is 10.0. The summed E-state index contributed by atoms with van der Waals surface area (Å²) in [6.45, 7) is 3.99. The number of carboxylic acids is 1. The molecule has 4 nitrogen and oxygen atoms in total. The quantitative estimate of drug-likeness (QED) is 0.581. The number of carboxylic acid groups (broad SMARTS) is 1. The van der Waals surface area contributed by atoms with Crippen molar-refractivity contribution in [3.05, 3.63) is 64.2 Å². The van der Waals surface area contributed by atoms with Gasteiger partial charge in [0.2, 0.25) is 0 Å². The first-order valence-corrected chi connectivity index (χ1v) is 8.22. The molecule has 128 valence electrons. The fourth-order valence-electron chi connectivity index (χ4n) is 2.14. The van der Waals surface area contributed by atoms with Crippen LogP contribution in [0.25, 0.3) is 11.6 Å². The van der Waals surface area contributed by atoms with Gasteiger partial charge in [0.25, 0.3) is 0 Å². The van der Waals surface area contributed by atoms with E-state index in [9.17, 15) is 15.2 Å². The van der Waals surface area contributed by atoms with Gasteiger partial charge in [0.1, 0.15) is 5.75 Å². The summed E-state index contributed by atoms with van der Waals surface area (Å²) in [4.78, 5) is 10.8. The van der Waals surface area contributed by atoms with Gasteiger partial charge in [-0.15, -0.1) is 0 Å². The number of halogens is 1. The maximum absolute atomic E-state index is 10.8. The van der Waals surface area contributed by atoms with Crippen molar-refractivity contribution in [1.29, 1.82) is 5.26 Å². The first-order valence-electron chi connectivity index (χ1n) is 7.84. The molecule has 0 fully saturated rings. The highest BCUT2D eigenvalue weighted by molar-refractivity contribution is 6.32. The van der Waals surface area contributed by atoms with Crippen LogP contribution in [0, 0.1) is 11.3 Å². The summed E-state index contributed by atoms with van der Waals surface area (Å²) in [5, 5.41) is 20.7. The number of ether oxygens (including phenoxy) is 1. The third kappa shape index (κ3) is 4.85. The second kappa shape index (κ2) is 8.36. The standard InChI is InChI=1S/C20H18ClNO3/c1-3-13(2)25-19-9-4-14(11-18(19)21)10-17(12-22)15-5-7-16(8-6-15)20(23)24/h4-11,13H,3H2,1-2H3,(H,23,24)/p-1/b17-10-/t13-/m0/s1. The number of hydrogen-bond acceptors (Lipinski definition) is 4. The summed E-state index contributed by atoms with van der Waals surface area (Å²) in [5.74, 6) is -0.650. The number of benzene rings is 2. The molecule has 0 saturated heterocycles. The van der Waals surface area contributed by atoms with E-state index in [-0.39, 0.29) is 11.7 Å². The number of rotatable bonds is 6.